The standard InChI is InChI=1S/C125H92N12O.Ni.Zn/c1-7-8-9-22-31-88-91-52-54-107(126-91)122(89-72-111-118(80-27-18-12-19-28-80)103-62-60-95(130-103)113(78-23-14-10-15-24-78)93-56-57-94(128-93)114(79-25-16-11-17-26-79)96-64-68-105(132-96)120(124(89)136-111)81-29-20-13-21-30-81)109-70-66-101(134-109)117(85-48-50-87(138-6)51-49-85)102-67-71-110(135-102)123(108-55-53-92(88)127-108)90-73-112-119(84-44-36-76(4)37-45-84)104-63-61-99(131-104)115(82-40-32-74(2)33-41-82)97-58-59-98(129-97)116(83-42-34-75(3)35-43-83)100-65-69-106(133-100)121(125(90)137-112)86-46-38-77(5)39-47-86;;/h10-21,23-30,32-73,127,134H,7-9,22,31H2,1-6H3;;/q-4;2*+2. The molecule has 9 aromatic carbocycles. The van der Waals surface area contributed by atoms with Gasteiger partial charge in [-0.25, -0.2) is 29.9 Å². The summed E-state index contributed by atoms with van der Waals surface area (Å²) in [6.45, 7) is 10.8. The summed E-state index contributed by atoms with van der Waals surface area (Å²) in [6, 6.07) is 107. The Bertz CT molecular complexity index is 8750. The molecule has 9 aromatic heterocycles. The second-order valence-corrected chi connectivity index (χ2v) is 36.2. The number of benzene rings is 9. The Labute approximate surface area is 834 Å². The van der Waals surface area contributed by atoms with E-state index in [0.717, 1.165) is 283 Å². The first-order valence-electron chi connectivity index (χ1n) is 47.4. The van der Waals surface area contributed by atoms with Crippen molar-refractivity contribution in [2.45, 2.75) is 66.7 Å². The molecule has 0 atom stereocenters. The van der Waals surface area contributed by atoms with Crippen LogP contribution in [-0.4, -0.2) is 47.0 Å². The maximum atomic E-state index is 6.20. The van der Waals surface area contributed by atoms with Gasteiger partial charge in [-0.15, -0.1) is 44.1 Å². The summed E-state index contributed by atoms with van der Waals surface area (Å²) in [5.41, 5.74) is 43.8. The molecule has 15 heteroatoms. The normalized spacial score (nSPS) is 12.2. The van der Waals surface area contributed by atoms with Crippen LogP contribution in [0.1, 0.15) is 129 Å². The number of nitrogens with zero attached hydrogens (tertiary/aromatic N) is 10. The monoisotopic (exact) mass is 1900 g/mol. The summed E-state index contributed by atoms with van der Waals surface area (Å²) in [7, 11) is 1.71. The number of aromatic nitrogens is 12. The van der Waals surface area contributed by atoms with Gasteiger partial charge >= 0.3 is 36.0 Å². The molecule has 18 aromatic rings. The molecule has 0 fully saturated rings. The van der Waals surface area contributed by atoms with Crippen molar-refractivity contribution in [3.63, 3.8) is 0 Å². The SMILES string of the molecule is CCCCCCc1c2nc(c(-c3cc4[n-]c3c(-c3ccccc3)c3nc(c(-c5ccccc5)c5ccc([n-]5)c(-c5ccccc5)c5nc(c4-c4ccccc4)C=C5)C=C3)c3ccc([nH]3)c(-c3ccc(OC)cc3)c3nc(c(-c4cc5[n-]c4c(-c4ccc(C)cc4)c4nc(c(-c6ccc(C)cc6)c6ccc([n-]6)c(-c6ccc(C)cc6)c6nc(c5-c5ccc(C)cc5)C=C6)C=C4)c4ccc1[nH]4)C=C3)C=C2.[Ni+2].[Zn+2]. The number of H-pyrrole nitrogens is 2. The summed E-state index contributed by atoms with van der Waals surface area (Å²) in [5, 5.41) is 0. The van der Waals surface area contributed by atoms with Crippen LogP contribution in [0.2, 0.25) is 0 Å². The number of methoxy groups -OCH3 is 1. The number of rotatable bonds is 17. The zero-order valence-electron chi connectivity index (χ0n) is 78.2. The van der Waals surface area contributed by atoms with Crippen LogP contribution in [0.25, 0.3) is 262 Å². The van der Waals surface area contributed by atoms with Crippen molar-refractivity contribution >= 4 is 139 Å². The fourth-order valence-electron chi connectivity index (χ4n) is 20.3. The summed E-state index contributed by atoms with van der Waals surface area (Å²) in [4.78, 5) is 67.5. The van der Waals surface area contributed by atoms with Gasteiger partial charge in [0, 0.05) is 44.3 Å². The largest absolute Gasteiger partial charge is 2.00 e. The smallest absolute Gasteiger partial charge is 0.657 e. The van der Waals surface area contributed by atoms with E-state index in [9.17, 15) is 0 Å². The van der Waals surface area contributed by atoms with Gasteiger partial charge in [-0.05, 0) is 256 Å². The van der Waals surface area contributed by atoms with Crippen LogP contribution in [0.5, 0.6) is 5.75 Å². The molecule has 0 amide bonds. The number of hydrogen-bond acceptors (Lipinski definition) is 7. The van der Waals surface area contributed by atoms with Gasteiger partial charge in [0.25, 0.3) is 0 Å². The van der Waals surface area contributed by atoms with Crippen LogP contribution in [0.15, 0.2) is 303 Å². The van der Waals surface area contributed by atoms with E-state index < -0.39 is 0 Å². The fraction of sp³-hybridized carbons (Fsp3) is 0.0880. The number of nitrogens with one attached hydrogen (secondary N) is 2. The van der Waals surface area contributed by atoms with Crippen LogP contribution in [-0.2, 0) is 42.4 Å². The molecule has 670 valence electrons. The minimum Gasteiger partial charge on any atom is -0.657 e. The molecule has 0 saturated heterocycles. The molecule has 0 saturated carbocycles. The Morgan fingerprint density at radius 2 is 0.500 bits per heavy atom. The predicted molar refractivity (Wildman–Crippen MR) is 573 cm³/mol. The second-order valence-electron chi connectivity index (χ2n) is 36.2. The minimum atomic E-state index is 0. The first kappa shape index (κ1) is 88.9. The molecular weight excluding hydrogens is 1810 g/mol. The Morgan fingerprint density at radius 3 is 0.843 bits per heavy atom. The Morgan fingerprint density at radius 1 is 0.243 bits per heavy atom. The molecule has 6 aliphatic heterocycles. The first-order chi connectivity index (χ1) is 67.9. The number of unbranched alkanes of at least 4 members (excludes halogenated alkanes) is 3. The van der Waals surface area contributed by atoms with Gasteiger partial charge in [0.05, 0.1) is 75.4 Å². The molecule has 0 aliphatic carbocycles. The predicted octanol–water partition coefficient (Wildman–Crippen LogP) is 30.8. The van der Waals surface area contributed by atoms with Crippen LogP contribution in [0.4, 0.5) is 0 Å². The Hall–Kier alpha value is -16.3. The topological polar surface area (TPSA) is 175 Å². The van der Waals surface area contributed by atoms with Crippen LogP contribution in [0, 0.1) is 27.7 Å². The van der Waals surface area contributed by atoms with E-state index in [1.165, 1.54) is 0 Å². The molecule has 0 spiro atoms. The molecule has 0 unspecified atom stereocenters. The van der Waals surface area contributed by atoms with Crippen LogP contribution in [0.3, 0.4) is 0 Å². The van der Waals surface area contributed by atoms with Crippen molar-refractivity contribution in [2.24, 2.45) is 0 Å². The molecule has 6 aliphatic rings. The zero-order valence-corrected chi connectivity index (χ0v) is 82.2. The summed E-state index contributed by atoms with van der Waals surface area (Å²) in [5.74, 6) is 0.717. The van der Waals surface area contributed by atoms with Gasteiger partial charge in [0.15, 0.2) is 0 Å². The minimum absolute atomic E-state index is 0. The van der Waals surface area contributed by atoms with Crippen molar-refractivity contribution < 1.29 is 40.7 Å². The van der Waals surface area contributed by atoms with E-state index in [0.29, 0.717) is 39.9 Å². The van der Waals surface area contributed by atoms with E-state index in [1.807, 2.05) is 12.1 Å². The van der Waals surface area contributed by atoms with Crippen molar-refractivity contribution in [2.75, 3.05) is 7.11 Å². The fourth-order valence-corrected chi connectivity index (χ4v) is 20.3. The van der Waals surface area contributed by atoms with Gasteiger partial charge in [-0.2, -0.15) is 0 Å². The molecule has 13 nitrogen and oxygen atoms in total. The summed E-state index contributed by atoms with van der Waals surface area (Å²) < 4.78 is 5.98. The first-order valence-corrected chi connectivity index (χ1v) is 47.4. The molecule has 24 bridgehead atoms. The number of ether oxygens (including phenoxy) is 1. The summed E-state index contributed by atoms with van der Waals surface area (Å²) in [6.07, 6.45) is 30.8. The quantitative estimate of drug-likeness (QED) is 0.0656. The van der Waals surface area contributed by atoms with Crippen LogP contribution < -0.4 is 24.7 Å². The van der Waals surface area contributed by atoms with Gasteiger partial charge in [-0.3, -0.25) is 0 Å². The van der Waals surface area contributed by atoms with Gasteiger partial charge in [-0.1, -0.05) is 315 Å². The summed E-state index contributed by atoms with van der Waals surface area (Å²) >= 11 is 0. The Kier molecular flexibility index (Phi) is 23.9. The molecule has 140 heavy (non-hydrogen) atoms. The third-order valence-corrected chi connectivity index (χ3v) is 27.1. The average molecular weight is 1900 g/mol. The third-order valence-electron chi connectivity index (χ3n) is 27.1. The maximum Gasteiger partial charge on any atom is 2.00 e. The number of hydrogen-bond donors (Lipinski definition) is 2. The third kappa shape index (κ3) is 16.5. The zero-order chi connectivity index (χ0) is 92.6. The molecular formula is C125H92N12NiOZn. The van der Waals surface area contributed by atoms with Gasteiger partial charge in [0.2, 0.25) is 0 Å². The number of fused-ring (bicyclic) bond motifs is 24. The molecule has 24 rings (SSSR count). The molecule has 0 radical (unpaired) electrons. The average Bonchev–Trinajstić information content (AvgIpc) is 1.59. The molecule has 2 N–H and O–H groups in total. The van der Waals surface area contributed by atoms with Crippen LogP contribution >= 0.6 is 0 Å². The molecule has 15 heterocycles. The van der Waals surface area contributed by atoms with Gasteiger partial charge < -0.3 is 34.6 Å². The Balaban J connectivity index is 0.00000563. The van der Waals surface area contributed by atoms with E-state index in [4.69, 9.17) is 54.6 Å². The van der Waals surface area contributed by atoms with Crippen molar-refractivity contribution in [3.8, 4) is 128 Å². The van der Waals surface area contributed by atoms with Crippen molar-refractivity contribution in [3.05, 3.63) is 399 Å². The maximum absolute atomic E-state index is 6.20. The second kappa shape index (κ2) is 37.6. The van der Waals surface area contributed by atoms with E-state index >= 15 is 0 Å². The van der Waals surface area contributed by atoms with Crippen molar-refractivity contribution in [1.82, 2.24) is 59.8 Å². The van der Waals surface area contributed by atoms with E-state index in [-0.39, 0.29) is 36.0 Å². The number of aromatic amines is 2. The van der Waals surface area contributed by atoms with E-state index in [2.05, 4.69) is 409 Å². The van der Waals surface area contributed by atoms with Gasteiger partial charge in [0.1, 0.15) is 5.75 Å². The van der Waals surface area contributed by atoms with Crippen molar-refractivity contribution in [1.29, 1.82) is 0 Å². The van der Waals surface area contributed by atoms with E-state index in [1.54, 1.807) is 7.11 Å². The number of aryl methyl sites for hydroxylation is 5.